The molecule has 24 heavy (non-hydrogen) atoms. The van der Waals surface area contributed by atoms with Crippen LogP contribution in [-0.4, -0.2) is 34.1 Å². The summed E-state index contributed by atoms with van der Waals surface area (Å²) in [7, 11) is 0. The van der Waals surface area contributed by atoms with Gasteiger partial charge in [0.15, 0.2) is 6.10 Å². The first-order valence-electron chi connectivity index (χ1n) is 7.30. The van der Waals surface area contributed by atoms with Gasteiger partial charge in [-0.15, -0.1) is 5.10 Å². The number of amides is 2. The number of ether oxygens (including phenoxy) is 2. The number of rotatable bonds is 6. The van der Waals surface area contributed by atoms with E-state index in [1.807, 2.05) is 6.92 Å². The molecule has 2 N–H and O–H groups in total. The molecule has 9 heteroatoms. The Labute approximate surface area is 143 Å². The zero-order chi connectivity index (χ0) is 17.5. The Morgan fingerprint density at radius 3 is 2.46 bits per heavy atom. The summed E-state index contributed by atoms with van der Waals surface area (Å²) in [4.78, 5) is 24.2. The molecule has 0 unspecified atom stereocenters. The first kappa shape index (κ1) is 17.7. The fraction of sp³-hybridized carbons (Fsp3) is 0.333. The van der Waals surface area contributed by atoms with Gasteiger partial charge in [-0.25, -0.2) is 0 Å². The predicted molar refractivity (Wildman–Crippen MR) is 88.0 cm³/mol. The summed E-state index contributed by atoms with van der Waals surface area (Å²) in [6.45, 7) is 5.72. The van der Waals surface area contributed by atoms with Crippen LogP contribution in [0.1, 0.15) is 29.2 Å². The molecule has 0 aliphatic carbocycles. The molecular formula is C15H18N4O4S. The van der Waals surface area contributed by atoms with Crippen LogP contribution in [0.5, 0.6) is 11.5 Å². The van der Waals surface area contributed by atoms with Crippen molar-refractivity contribution in [1.82, 2.24) is 20.4 Å². The van der Waals surface area contributed by atoms with Crippen molar-refractivity contribution in [3.8, 4) is 11.5 Å². The van der Waals surface area contributed by atoms with Gasteiger partial charge in [-0.05, 0) is 56.6 Å². The van der Waals surface area contributed by atoms with Crippen molar-refractivity contribution in [1.29, 1.82) is 0 Å². The van der Waals surface area contributed by atoms with E-state index >= 15 is 0 Å². The van der Waals surface area contributed by atoms with Crippen LogP contribution in [0.25, 0.3) is 0 Å². The van der Waals surface area contributed by atoms with Crippen molar-refractivity contribution in [2.75, 3.05) is 6.61 Å². The molecule has 0 aliphatic heterocycles. The lowest BCUT2D eigenvalue weighted by molar-refractivity contribution is -0.128. The number of hydrazine groups is 1. The van der Waals surface area contributed by atoms with E-state index in [-0.39, 0.29) is 0 Å². The van der Waals surface area contributed by atoms with E-state index in [9.17, 15) is 9.59 Å². The van der Waals surface area contributed by atoms with Crippen LogP contribution in [0.3, 0.4) is 0 Å². The molecule has 1 aromatic carbocycles. The molecule has 2 rings (SSSR count). The maximum Gasteiger partial charge on any atom is 0.283 e. The summed E-state index contributed by atoms with van der Waals surface area (Å²) >= 11 is 0.958. The van der Waals surface area contributed by atoms with Gasteiger partial charge in [0.1, 0.15) is 16.4 Å². The van der Waals surface area contributed by atoms with Crippen molar-refractivity contribution < 1.29 is 19.1 Å². The van der Waals surface area contributed by atoms with Crippen molar-refractivity contribution >= 4 is 23.3 Å². The molecular weight excluding hydrogens is 332 g/mol. The van der Waals surface area contributed by atoms with Gasteiger partial charge in [-0.2, -0.15) is 0 Å². The third-order valence-corrected chi connectivity index (χ3v) is 3.80. The first-order chi connectivity index (χ1) is 11.5. The number of nitrogens with zero attached hydrogens (tertiary/aromatic N) is 2. The summed E-state index contributed by atoms with van der Waals surface area (Å²) in [6.07, 6.45) is -0.788. The van der Waals surface area contributed by atoms with Gasteiger partial charge in [-0.1, -0.05) is 4.49 Å². The van der Waals surface area contributed by atoms with Crippen molar-refractivity contribution in [3.63, 3.8) is 0 Å². The van der Waals surface area contributed by atoms with Gasteiger partial charge in [0, 0.05) is 0 Å². The summed E-state index contributed by atoms with van der Waals surface area (Å²) < 4.78 is 14.5. The molecule has 128 valence electrons. The predicted octanol–water partition coefficient (Wildman–Crippen LogP) is 1.47. The Morgan fingerprint density at radius 2 is 1.88 bits per heavy atom. The highest BCUT2D eigenvalue weighted by molar-refractivity contribution is 7.07. The van der Waals surface area contributed by atoms with Crippen molar-refractivity contribution in [3.05, 3.63) is 34.8 Å². The van der Waals surface area contributed by atoms with Gasteiger partial charge in [-0.3, -0.25) is 20.4 Å². The number of aryl methyl sites for hydroxylation is 1. The molecule has 1 aromatic heterocycles. The van der Waals surface area contributed by atoms with E-state index in [0.717, 1.165) is 17.3 Å². The molecule has 0 aliphatic rings. The summed E-state index contributed by atoms with van der Waals surface area (Å²) in [5.74, 6) is 0.300. The number of aromatic nitrogens is 2. The molecule has 0 fully saturated rings. The summed E-state index contributed by atoms with van der Waals surface area (Å²) in [5.41, 5.74) is 5.13. The molecule has 1 atom stereocenters. The Balaban J connectivity index is 1.83. The van der Waals surface area contributed by atoms with Gasteiger partial charge >= 0.3 is 0 Å². The van der Waals surface area contributed by atoms with Crippen LogP contribution in [-0.2, 0) is 4.79 Å². The smallest absolute Gasteiger partial charge is 0.283 e. The van der Waals surface area contributed by atoms with Gasteiger partial charge < -0.3 is 9.47 Å². The molecule has 0 radical (unpaired) electrons. The normalized spacial score (nSPS) is 11.5. The quantitative estimate of drug-likeness (QED) is 0.765. The Kier molecular flexibility index (Phi) is 6.07. The average Bonchev–Trinajstić information content (AvgIpc) is 3.00. The Bertz CT molecular complexity index is 702. The minimum Gasteiger partial charge on any atom is -0.494 e. The maximum absolute atomic E-state index is 12.0. The second-order valence-electron chi connectivity index (χ2n) is 4.80. The number of hydrogen-bond acceptors (Lipinski definition) is 7. The second-order valence-corrected chi connectivity index (χ2v) is 5.55. The number of hydrogen-bond donors (Lipinski definition) is 2. The maximum atomic E-state index is 12.0. The number of carbonyl (C=O) groups excluding carboxylic acids is 2. The van der Waals surface area contributed by atoms with E-state index in [1.165, 1.54) is 0 Å². The molecule has 0 saturated carbocycles. The zero-order valence-corrected chi connectivity index (χ0v) is 14.3. The largest absolute Gasteiger partial charge is 0.494 e. The Morgan fingerprint density at radius 1 is 1.21 bits per heavy atom. The van der Waals surface area contributed by atoms with Crippen LogP contribution in [0.4, 0.5) is 0 Å². The van der Waals surface area contributed by atoms with Crippen LogP contribution in [0.2, 0.25) is 0 Å². The number of benzene rings is 1. The summed E-state index contributed by atoms with van der Waals surface area (Å²) in [6, 6.07) is 6.93. The highest BCUT2D eigenvalue weighted by Crippen LogP contribution is 2.18. The van der Waals surface area contributed by atoms with Crippen molar-refractivity contribution in [2.45, 2.75) is 26.9 Å². The third kappa shape index (κ3) is 4.66. The zero-order valence-electron chi connectivity index (χ0n) is 13.5. The lowest BCUT2D eigenvalue weighted by atomic mass is 10.3. The average molecular weight is 350 g/mol. The molecule has 0 bridgehead atoms. The van der Waals surface area contributed by atoms with Gasteiger partial charge in [0.05, 0.1) is 12.3 Å². The lowest BCUT2D eigenvalue weighted by Crippen LogP contribution is -2.47. The summed E-state index contributed by atoms with van der Waals surface area (Å²) in [5, 5.41) is 3.74. The van der Waals surface area contributed by atoms with Crippen molar-refractivity contribution in [2.24, 2.45) is 0 Å². The molecule has 2 amide bonds. The molecule has 1 heterocycles. The van der Waals surface area contributed by atoms with Crippen LogP contribution in [0.15, 0.2) is 24.3 Å². The standard InChI is InChI=1S/C15H18N4O4S/c1-4-22-11-5-7-12(8-6-11)23-10(3)14(20)17-18-15(21)13-9(2)16-19-24-13/h5-8,10H,4H2,1-3H3,(H,17,20)(H,18,21)/t10-/m1/s1. The van der Waals surface area contributed by atoms with E-state index in [4.69, 9.17) is 9.47 Å². The molecule has 2 aromatic rings. The SMILES string of the molecule is CCOc1ccc(O[C@H](C)C(=O)NNC(=O)c2snnc2C)cc1. The fourth-order valence-corrected chi connectivity index (χ4v) is 2.31. The van der Waals surface area contributed by atoms with Crippen LogP contribution >= 0.6 is 11.5 Å². The molecule has 8 nitrogen and oxygen atoms in total. The highest BCUT2D eigenvalue weighted by atomic mass is 32.1. The minimum absolute atomic E-state index is 0.343. The van der Waals surface area contributed by atoms with Crippen LogP contribution < -0.4 is 20.3 Å². The van der Waals surface area contributed by atoms with E-state index in [2.05, 4.69) is 20.4 Å². The van der Waals surface area contributed by atoms with E-state index < -0.39 is 17.9 Å². The third-order valence-electron chi connectivity index (χ3n) is 2.97. The van der Waals surface area contributed by atoms with Gasteiger partial charge in [0.2, 0.25) is 0 Å². The van der Waals surface area contributed by atoms with Crippen LogP contribution in [0, 0.1) is 6.92 Å². The highest BCUT2D eigenvalue weighted by Gasteiger charge is 2.18. The van der Waals surface area contributed by atoms with E-state index in [0.29, 0.717) is 22.9 Å². The number of carbonyl (C=O) groups is 2. The first-order valence-corrected chi connectivity index (χ1v) is 8.07. The molecule has 0 spiro atoms. The minimum atomic E-state index is -0.788. The Hall–Kier alpha value is -2.68. The number of nitrogens with one attached hydrogen (secondary N) is 2. The lowest BCUT2D eigenvalue weighted by Gasteiger charge is -2.15. The van der Waals surface area contributed by atoms with Gasteiger partial charge in [0.25, 0.3) is 11.8 Å². The topological polar surface area (TPSA) is 102 Å². The van der Waals surface area contributed by atoms with E-state index in [1.54, 1.807) is 38.1 Å². The monoisotopic (exact) mass is 350 g/mol. The second kappa shape index (κ2) is 8.25. The molecule has 0 saturated heterocycles. The fourth-order valence-electron chi connectivity index (χ4n) is 1.76.